The topological polar surface area (TPSA) is 64.6 Å². The highest BCUT2D eigenvalue weighted by Gasteiger charge is 2.25. The van der Waals surface area contributed by atoms with E-state index in [9.17, 15) is 12.8 Å². The van der Waals surface area contributed by atoms with Crippen molar-refractivity contribution in [2.75, 3.05) is 13.2 Å². The summed E-state index contributed by atoms with van der Waals surface area (Å²) < 4.78 is 51.1. The molecular formula is C24H25ClFNO4S. The summed E-state index contributed by atoms with van der Waals surface area (Å²) in [5, 5.41) is 3.28. The molecule has 3 aromatic rings. The number of fused-ring (bicyclic) bond motifs is 1. The van der Waals surface area contributed by atoms with Gasteiger partial charge in [-0.2, -0.15) is 0 Å². The third kappa shape index (κ3) is 5.23. The Hall–Kier alpha value is -2.61. The summed E-state index contributed by atoms with van der Waals surface area (Å²) in [4.78, 5) is 0.350. The molecule has 0 spiro atoms. The van der Waals surface area contributed by atoms with Crippen LogP contribution in [0.2, 0.25) is 0 Å². The quantitative estimate of drug-likeness (QED) is 0.534. The molecule has 0 aliphatic carbocycles. The molecule has 0 saturated carbocycles. The fourth-order valence-corrected chi connectivity index (χ4v) is 4.98. The van der Waals surface area contributed by atoms with Crippen LogP contribution in [0.4, 0.5) is 4.39 Å². The average Bonchev–Trinajstić information content (AvgIpc) is 2.79. The summed E-state index contributed by atoms with van der Waals surface area (Å²) >= 11 is 0. The third-order valence-electron chi connectivity index (χ3n) is 5.19. The molecule has 0 radical (unpaired) electrons. The lowest BCUT2D eigenvalue weighted by atomic mass is 10.0. The lowest BCUT2D eigenvalue weighted by Gasteiger charge is -2.20. The van der Waals surface area contributed by atoms with Gasteiger partial charge in [-0.3, -0.25) is 0 Å². The van der Waals surface area contributed by atoms with Gasteiger partial charge in [0.25, 0.3) is 0 Å². The number of rotatable bonds is 7. The molecule has 32 heavy (non-hydrogen) atoms. The number of halogens is 2. The number of sulfone groups is 1. The first-order valence-electron chi connectivity index (χ1n) is 10.2. The van der Waals surface area contributed by atoms with Crippen LogP contribution in [0.5, 0.6) is 11.5 Å². The molecule has 5 nitrogen and oxygen atoms in total. The maximum atomic E-state index is 13.4. The van der Waals surface area contributed by atoms with Gasteiger partial charge < -0.3 is 14.8 Å². The van der Waals surface area contributed by atoms with Crippen LogP contribution < -0.4 is 14.8 Å². The van der Waals surface area contributed by atoms with Gasteiger partial charge >= 0.3 is 0 Å². The van der Waals surface area contributed by atoms with Crippen LogP contribution in [0.25, 0.3) is 0 Å². The number of nitrogens with one attached hydrogen (secondary N) is 1. The molecule has 0 atom stereocenters. The Labute approximate surface area is 193 Å². The van der Waals surface area contributed by atoms with Crippen molar-refractivity contribution in [2.45, 2.75) is 36.3 Å². The predicted molar refractivity (Wildman–Crippen MR) is 123 cm³/mol. The highest BCUT2D eigenvalue weighted by atomic mass is 35.5. The molecule has 1 aliphatic heterocycles. The molecule has 170 valence electrons. The Bertz CT molecular complexity index is 1170. The maximum Gasteiger partial charge on any atom is 0.210 e. The van der Waals surface area contributed by atoms with Crippen molar-refractivity contribution in [1.82, 2.24) is 5.32 Å². The van der Waals surface area contributed by atoms with E-state index in [1.54, 1.807) is 30.3 Å². The molecule has 0 saturated heterocycles. The normalized spacial score (nSPS) is 13.1. The van der Waals surface area contributed by atoms with Gasteiger partial charge in [0.1, 0.15) is 28.8 Å². The van der Waals surface area contributed by atoms with Crippen LogP contribution in [-0.2, 0) is 29.4 Å². The molecule has 0 unspecified atom stereocenters. The van der Waals surface area contributed by atoms with E-state index in [1.165, 1.54) is 24.3 Å². The minimum Gasteiger partial charge on any atom is -0.492 e. The number of hydrogen-bond donors (Lipinski definition) is 1. The molecule has 3 aromatic carbocycles. The van der Waals surface area contributed by atoms with Crippen molar-refractivity contribution in [3.63, 3.8) is 0 Å². The van der Waals surface area contributed by atoms with Crippen molar-refractivity contribution in [3.8, 4) is 11.5 Å². The Balaban J connectivity index is 0.00000289. The Morgan fingerprint density at radius 2 is 1.69 bits per heavy atom. The minimum atomic E-state index is -3.76. The monoisotopic (exact) mass is 477 g/mol. The van der Waals surface area contributed by atoms with E-state index >= 15 is 0 Å². The molecule has 1 N–H and O–H groups in total. The molecular weight excluding hydrogens is 453 g/mol. The standard InChI is InChI=1S/C24H24FNO4S.ClH/c1-2-29-23-13-18-11-12-26-15-19(18)14-24(23)31(27,28)22-9-7-21(8-10-22)30-16-17-3-5-20(25)6-4-17;/h3-10,13-14,26H,2,11-12,15-16H2,1H3;1H. The molecule has 0 amide bonds. The highest BCUT2D eigenvalue weighted by Crippen LogP contribution is 2.34. The minimum absolute atomic E-state index is 0. The molecule has 0 bridgehead atoms. The molecule has 0 aromatic heterocycles. The summed E-state index contributed by atoms with van der Waals surface area (Å²) in [6.45, 7) is 3.99. The van der Waals surface area contributed by atoms with Gasteiger partial charge in [-0.05, 0) is 85.1 Å². The Morgan fingerprint density at radius 1 is 0.969 bits per heavy atom. The van der Waals surface area contributed by atoms with Crippen LogP contribution in [0.15, 0.2) is 70.5 Å². The number of benzene rings is 3. The predicted octanol–water partition coefficient (Wildman–Crippen LogP) is 4.70. The van der Waals surface area contributed by atoms with Crippen LogP contribution in [0, 0.1) is 5.82 Å². The first-order chi connectivity index (χ1) is 15.0. The van der Waals surface area contributed by atoms with Crippen LogP contribution in [-0.4, -0.2) is 21.6 Å². The smallest absolute Gasteiger partial charge is 0.210 e. The van der Waals surface area contributed by atoms with E-state index in [1.807, 2.05) is 13.0 Å². The number of hydrogen-bond acceptors (Lipinski definition) is 5. The second-order valence-electron chi connectivity index (χ2n) is 7.32. The van der Waals surface area contributed by atoms with E-state index in [4.69, 9.17) is 9.47 Å². The molecule has 1 aliphatic rings. The van der Waals surface area contributed by atoms with Gasteiger partial charge in [-0.15, -0.1) is 12.4 Å². The zero-order valence-corrected chi connectivity index (χ0v) is 19.3. The van der Waals surface area contributed by atoms with Crippen molar-refractivity contribution in [1.29, 1.82) is 0 Å². The van der Waals surface area contributed by atoms with E-state index in [-0.39, 0.29) is 34.6 Å². The van der Waals surface area contributed by atoms with Gasteiger partial charge in [0, 0.05) is 6.54 Å². The van der Waals surface area contributed by atoms with E-state index < -0.39 is 9.84 Å². The fraction of sp³-hybridized carbons (Fsp3) is 0.250. The zero-order valence-electron chi connectivity index (χ0n) is 17.6. The van der Waals surface area contributed by atoms with Crippen molar-refractivity contribution >= 4 is 22.2 Å². The van der Waals surface area contributed by atoms with E-state index in [2.05, 4.69) is 5.32 Å². The molecule has 1 heterocycles. The molecule has 4 rings (SSSR count). The summed E-state index contributed by atoms with van der Waals surface area (Å²) in [6, 6.07) is 15.9. The van der Waals surface area contributed by atoms with Gasteiger partial charge in [0.05, 0.1) is 11.5 Å². The molecule has 0 fully saturated rings. The zero-order chi connectivity index (χ0) is 21.8. The van der Waals surface area contributed by atoms with Gasteiger partial charge in [0.15, 0.2) is 0 Å². The lowest BCUT2D eigenvalue weighted by Crippen LogP contribution is -2.24. The Kier molecular flexibility index (Phi) is 7.77. The van der Waals surface area contributed by atoms with Gasteiger partial charge in [0.2, 0.25) is 9.84 Å². The van der Waals surface area contributed by atoms with E-state index in [0.717, 1.165) is 29.7 Å². The highest BCUT2D eigenvalue weighted by molar-refractivity contribution is 7.91. The van der Waals surface area contributed by atoms with Crippen LogP contribution in [0.1, 0.15) is 23.6 Å². The Morgan fingerprint density at radius 3 is 2.38 bits per heavy atom. The van der Waals surface area contributed by atoms with Gasteiger partial charge in [-0.25, -0.2) is 12.8 Å². The first kappa shape index (κ1) is 24.0. The van der Waals surface area contributed by atoms with E-state index in [0.29, 0.717) is 24.7 Å². The van der Waals surface area contributed by atoms with Crippen LogP contribution in [0.3, 0.4) is 0 Å². The average molecular weight is 478 g/mol. The van der Waals surface area contributed by atoms with Crippen LogP contribution >= 0.6 is 12.4 Å². The summed E-state index contributed by atoms with van der Waals surface area (Å²) in [5.74, 6) is 0.616. The second kappa shape index (κ2) is 10.3. The van der Waals surface area contributed by atoms with Crippen molar-refractivity contribution in [3.05, 3.63) is 83.2 Å². The lowest BCUT2D eigenvalue weighted by molar-refractivity contribution is 0.306. The summed E-state index contributed by atoms with van der Waals surface area (Å²) in [5.41, 5.74) is 2.92. The van der Waals surface area contributed by atoms with Crippen molar-refractivity contribution < 1.29 is 22.3 Å². The number of ether oxygens (including phenoxy) is 2. The van der Waals surface area contributed by atoms with Crippen molar-refractivity contribution in [2.24, 2.45) is 0 Å². The SMILES string of the molecule is CCOc1cc2c(cc1S(=O)(=O)c1ccc(OCc3ccc(F)cc3)cc1)CNCC2.Cl. The third-order valence-corrected chi connectivity index (χ3v) is 6.99. The summed E-state index contributed by atoms with van der Waals surface area (Å²) in [7, 11) is -3.76. The first-order valence-corrected chi connectivity index (χ1v) is 11.7. The largest absolute Gasteiger partial charge is 0.492 e. The maximum absolute atomic E-state index is 13.4. The second-order valence-corrected chi connectivity index (χ2v) is 9.24. The molecule has 8 heteroatoms. The van der Waals surface area contributed by atoms with Gasteiger partial charge in [-0.1, -0.05) is 12.1 Å². The fourth-order valence-electron chi connectivity index (χ4n) is 3.56. The summed E-state index contributed by atoms with van der Waals surface area (Å²) in [6.07, 6.45) is 0.843.